The number of fused-ring (bicyclic) bond motifs is 1. The van der Waals surface area contributed by atoms with Crippen molar-refractivity contribution in [1.82, 2.24) is 9.88 Å². The predicted octanol–water partition coefficient (Wildman–Crippen LogP) is 4.75. The number of nitrogens with zero attached hydrogens (tertiary/aromatic N) is 2. The third-order valence-corrected chi connectivity index (χ3v) is 6.43. The van der Waals surface area contributed by atoms with Gasteiger partial charge in [-0.15, -0.1) is 0 Å². The van der Waals surface area contributed by atoms with Crippen molar-refractivity contribution in [3.63, 3.8) is 0 Å². The molecule has 1 aliphatic heterocycles. The summed E-state index contributed by atoms with van der Waals surface area (Å²) in [5.74, 6) is 0. The molecule has 0 spiro atoms. The number of aryl methyl sites for hydroxylation is 1. The van der Waals surface area contributed by atoms with Gasteiger partial charge in [0.1, 0.15) is 0 Å². The molecule has 1 N–H and O–H groups in total. The summed E-state index contributed by atoms with van der Waals surface area (Å²) in [5.41, 5.74) is 2.19. The first-order valence-electron chi connectivity index (χ1n) is 10.1. The summed E-state index contributed by atoms with van der Waals surface area (Å²) in [4.78, 5) is 18.6. The SMILES string of the molecule is O=c1[nH]c2ccc(CCCCN3CCN(c4cccc(C(F)(F)F)c4)CC3)cc2s1. The van der Waals surface area contributed by atoms with E-state index in [2.05, 4.69) is 22.0 Å². The molecule has 1 fully saturated rings. The quantitative estimate of drug-likeness (QED) is 0.568. The van der Waals surface area contributed by atoms with E-state index in [0.29, 0.717) is 5.69 Å². The second-order valence-electron chi connectivity index (χ2n) is 7.68. The van der Waals surface area contributed by atoms with E-state index in [0.717, 1.165) is 68.3 Å². The molecule has 30 heavy (non-hydrogen) atoms. The summed E-state index contributed by atoms with van der Waals surface area (Å²) in [6, 6.07) is 11.7. The molecule has 1 aliphatic rings. The summed E-state index contributed by atoms with van der Waals surface area (Å²) in [5, 5.41) is 0. The van der Waals surface area contributed by atoms with Gasteiger partial charge in [-0.2, -0.15) is 13.2 Å². The van der Waals surface area contributed by atoms with Crippen LogP contribution in [-0.4, -0.2) is 42.6 Å². The van der Waals surface area contributed by atoms with Gasteiger partial charge in [0.05, 0.1) is 15.8 Å². The number of aromatic amines is 1. The van der Waals surface area contributed by atoms with Crippen LogP contribution in [-0.2, 0) is 12.6 Å². The Kier molecular flexibility index (Phi) is 6.15. The molecule has 0 bridgehead atoms. The number of nitrogens with one attached hydrogen (secondary N) is 1. The minimum Gasteiger partial charge on any atom is -0.369 e. The van der Waals surface area contributed by atoms with Gasteiger partial charge in [0.2, 0.25) is 0 Å². The molecule has 1 saturated heterocycles. The van der Waals surface area contributed by atoms with E-state index in [-0.39, 0.29) is 4.87 Å². The molecule has 0 amide bonds. The van der Waals surface area contributed by atoms with Crippen LogP contribution in [0, 0.1) is 0 Å². The zero-order valence-corrected chi connectivity index (χ0v) is 17.4. The number of H-pyrrole nitrogens is 1. The van der Waals surface area contributed by atoms with Gasteiger partial charge in [0.25, 0.3) is 0 Å². The number of halogens is 3. The minimum absolute atomic E-state index is 0.0218. The lowest BCUT2D eigenvalue weighted by Gasteiger charge is -2.36. The van der Waals surface area contributed by atoms with Crippen LogP contribution in [0.2, 0.25) is 0 Å². The summed E-state index contributed by atoms with van der Waals surface area (Å²) in [6.45, 7) is 4.20. The van der Waals surface area contributed by atoms with Crippen molar-refractivity contribution >= 4 is 27.2 Å². The van der Waals surface area contributed by atoms with Gasteiger partial charge in [0.15, 0.2) is 0 Å². The third kappa shape index (κ3) is 5.05. The Morgan fingerprint density at radius 3 is 2.57 bits per heavy atom. The normalized spacial score (nSPS) is 15.8. The van der Waals surface area contributed by atoms with Crippen LogP contribution in [0.1, 0.15) is 24.0 Å². The molecular weight excluding hydrogens is 411 g/mol. The minimum atomic E-state index is -4.30. The molecular formula is C22H24F3N3OS. The van der Waals surface area contributed by atoms with Gasteiger partial charge in [0, 0.05) is 31.9 Å². The molecule has 2 heterocycles. The van der Waals surface area contributed by atoms with E-state index in [4.69, 9.17) is 0 Å². The Labute approximate surface area is 176 Å². The molecule has 3 aromatic rings. The lowest BCUT2D eigenvalue weighted by Crippen LogP contribution is -2.46. The van der Waals surface area contributed by atoms with Crippen LogP contribution in [0.4, 0.5) is 18.9 Å². The first kappa shape index (κ1) is 20.9. The number of hydrogen-bond donors (Lipinski definition) is 1. The van der Waals surface area contributed by atoms with E-state index >= 15 is 0 Å². The number of hydrogen-bond acceptors (Lipinski definition) is 4. The highest BCUT2D eigenvalue weighted by atomic mass is 32.1. The monoisotopic (exact) mass is 435 g/mol. The van der Waals surface area contributed by atoms with Gasteiger partial charge in [-0.3, -0.25) is 9.69 Å². The molecule has 8 heteroatoms. The van der Waals surface area contributed by atoms with Crippen LogP contribution < -0.4 is 9.77 Å². The zero-order chi connectivity index (χ0) is 21.1. The Hall–Kier alpha value is -2.32. The topological polar surface area (TPSA) is 39.3 Å². The van der Waals surface area contributed by atoms with Crippen molar-refractivity contribution in [2.45, 2.75) is 25.4 Å². The van der Waals surface area contributed by atoms with Gasteiger partial charge in [-0.25, -0.2) is 0 Å². The molecule has 1 aromatic heterocycles. The number of thiazole rings is 1. The standard InChI is InChI=1S/C22H24F3N3OS/c23-22(24,25)17-5-3-6-18(15-17)28-12-10-27(11-13-28)9-2-1-4-16-7-8-19-20(14-16)30-21(29)26-19/h3,5-8,14-15H,1-2,4,9-13H2,(H,26,29). The number of rotatable bonds is 6. The molecule has 0 saturated carbocycles. The van der Waals surface area contributed by atoms with E-state index in [1.165, 1.54) is 29.0 Å². The average Bonchev–Trinajstić information content (AvgIpc) is 3.10. The molecule has 0 atom stereocenters. The van der Waals surface area contributed by atoms with Crippen molar-refractivity contribution in [3.05, 3.63) is 63.3 Å². The lowest BCUT2D eigenvalue weighted by molar-refractivity contribution is -0.137. The number of piperazine rings is 1. The van der Waals surface area contributed by atoms with E-state index in [9.17, 15) is 18.0 Å². The second kappa shape index (κ2) is 8.81. The largest absolute Gasteiger partial charge is 0.416 e. The summed E-state index contributed by atoms with van der Waals surface area (Å²) < 4.78 is 39.8. The smallest absolute Gasteiger partial charge is 0.369 e. The van der Waals surface area contributed by atoms with Crippen LogP contribution in [0.25, 0.3) is 10.2 Å². The Morgan fingerprint density at radius 2 is 1.80 bits per heavy atom. The molecule has 0 radical (unpaired) electrons. The van der Waals surface area contributed by atoms with Crippen molar-refractivity contribution in [1.29, 1.82) is 0 Å². The first-order chi connectivity index (χ1) is 14.4. The van der Waals surface area contributed by atoms with E-state index in [1.807, 2.05) is 11.0 Å². The van der Waals surface area contributed by atoms with Crippen LogP contribution in [0.3, 0.4) is 0 Å². The van der Waals surface area contributed by atoms with Gasteiger partial charge < -0.3 is 9.88 Å². The van der Waals surface area contributed by atoms with Crippen LogP contribution >= 0.6 is 11.3 Å². The van der Waals surface area contributed by atoms with Gasteiger partial charge in [-0.05, 0) is 61.7 Å². The fourth-order valence-corrected chi connectivity index (χ4v) is 4.72. The summed E-state index contributed by atoms with van der Waals surface area (Å²) in [6.07, 6.45) is -1.18. The molecule has 4 rings (SSSR count). The highest BCUT2D eigenvalue weighted by molar-refractivity contribution is 7.16. The van der Waals surface area contributed by atoms with Crippen molar-refractivity contribution < 1.29 is 13.2 Å². The maximum absolute atomic E-state index is 12.9. The lowest BCUT2D eigenvalue weighted by atomic mass is 10.1. The summed E-state index contributed by atoms with van der Waals surface area (Å²) in [7, 11) is 0. The maximum atomic E-state index is 12.9. The highest BCUT2D eigenvalue weighted by Crippen LogP contribution is 2.31. The number of benzene rings is 2. The predicted molar refractivity (Wildman–Crippen MR) is 115 cm³/mol. The van der Waals surface area contributed by atoms with E-state index in [1.54, 1.807) is 6.07 Å². The fraction of sp³-hybridized carbons (Fsp3) is 0.409. The van der Waals surface area contributed by atoms with Crippen molar-refractivity contribution in [3.8, 4) is 0 Å². The average molecular weight is 436 g/mol. The molecule has 0 aliphatic carbocycles. The zero-order valence-electron chi connectivity index (χ0n) is 16.5. The summed E-state index contributed by atoms with van der Waals surface area (Å²) >= 11 is 1.24. The maximum Gasteiger partial charge on any atom is 0.416 e. The molecule has 4 nitrogen and oxygen atoms in total. The number of unbranched alkanes of at least 4 members (excludes halogenated alkanes) is 1. The molecule has 2 aromatic carbocycles. The van der Waals surface area contributed by atoms with Crippen LogP contribution in [0.5, 0.6) is 0 Å². The third-order valence-electron chi connectivity index (χ3n) is 5.59. The van der Waals surface area contributed by atoms with Crippen molar-refractivity contribution in [2.24, 2.45) is 0 Å². The van der Waals surface area contributed by atoms with Crippen molar-refractivity contribution in [2.75, 3.05) is 37.6 Å². The second-order valence-corrected chi connectivity index (χ2v) is 8.69. The van der Waals surface area contributed by atoms with Gasteiger partial charge >= 0.3 is 11.0 Å². The van der Waals surface area contributed by atoms with Gasteiger partial charge in [-0.1, -0.05) is 23.5 Å². The van der Waals surface area contributed by atoms with Crippen LogP contribution in [0.15, 0.2) is 47.3 Å². The highest BCUT2D eigenvalue weighted by Gasteiger charge is 2.31. The van der Waals surface area contributed by atoms with E-state index < -0.39 is 11.7 Å². The molecule has 160 valence electrons. The Morgan fingerprint density at radius 1 is 1.00 bits per heavy atom. The number of anilines is 1. The number of aromatic nitrogens is 1. The Balaban J connectivity index is 1.22. The Bertz CT molecular complexity index is 1050. The fourth-order valence-electron chi connectivity index (χ4n) is 3.92. The molecule has 0 unspecified atom stereocenters. The first-order valence-corrected chi connectivity index (χ1v) is 11.0. The number of alkyl halides is 3.